The van der Waals surface area contributed by atoms with Crippen LogP contribution in [0.4, 0.5) is 19.2 Å². The number of carbonyl (C=O) groups is 5. The average molecular weight is 679 g/mol. The molecule has 1 atom stereocenters. The van der Waals surface area contributed by atoms with E-state index in [9.17, 15) is 22.2 Å². The van der Waals surface area contributed by atoms with Gasteiger partial charge in [-0.2, -0.15) is 4.21 Å². The van der Waals surface area contributed by atoms with Gasteiger partial charge in [-0.3, -0.25) is 13.2 Å². The number of carbonyl (C=O) groups excluding carboxylic acids is 2. The van der Waals surface area contributed by atoms with Crippen LogP contribution in [0.1, 0.15) is 32.6 Å². The second-order valence-corrected chi connectivity index (χ2v) is 10.7. The van der Waals surface area contributed by atoms with Crippen molar-refractivity contribution < 1.29 is 74.5 Å². The summed E-state index contributed by atoms with van der Waals surface area (Å²) in [5, 5.41) is 18.4. The van der Waals surface area contributed by atoms with Crippen molar-refractivity contribution in [3.63, 3.8) is 0 Å². The topological polar surface area (TPSA) is 243 Å². The number of hydrogen-bond donors (Lipinski definition) is 6. The Morgan fingerprint density at radius 3 is 1.35 bits per heavy atom. The van der Waals surface area contributed by atoms with E-state index < -0.39 is 43.3 Å². The van der Waals surface area contributed by atoms with Gasteiger partial charge in [-0.25, -0.2) is 27.6 Å². The van der Waals surface area contributed by atoms with Crippen molar-refractivity contribution in [1.82, 2.24) is 0 Å². The molecule has 236 valence electrons. The second-order valence-electron chi connectivity index (χ2n) is 6.37. The Morgan fingerprint density at radius 2 is 1.25 bits per heavy atom. The van der Waals surface area contributed by atoms with Crippen LogP contribution in [-0.4, -0.2) is 100 Å². The highest BCUT2D eigenvalue weighted by Gasteiger charge is 2.19. The molecule has 0 amide bonds. The number of hydrogen-bond acceptors (Lipinski definition) is 13. The van der Waals surface area contributed by atoms with Crippen molar-refractivity contribution >= 4 is 87.1 Å². The van der Waals surface area contributed by atoms with Crippen LogP contribution in [0.5, 0.6) is 0 Å². The van der Waals surface area contributed by atoms with Crippen LogP contribution in [0.2, 0.25) is 0 Å². The zero-order valence-corrected chi connectivity index (χ0v) is 25.7. The zero-order valence-electron chi connectivity index (χ0n) is 21.4. The van der Waals surface area contributed by atoms with Crippen molar-refractivity contribution in [2.45, 2.75) is 38.7 Å². The van der Waals surface area contributed by atoms with E-state index >= 15 is 0 Å². The molecule has 4 fully saturated rings. The largest absolute Gasteiger partial charge is 0.508 e. The maximum absolute atomic E-state index is 10.4. The minimum atomic E-state index is -2.55. The molecule has 4 aliphatic rings. The molecular weight excluding hydrogens is 645 g/mol. The summed E-state index contributed by atoms with van der Waals surface area (Å²) in [6.07, 6.45) is 2.70. The quantitative estimate of drug-likeness (QED) is 0.122. The Morgan fingerprint density at radius 1 is 0.850 bits per heavy atom. The average Bonchev–Trinajstić information content (AvgIpc) is 3.62. The Balaban J connectivity index is -0.000000190. The lowest BCUT2D eigenvalue weighted by molar-refractivity contribution is -0.137. The summed E-state index contributed by atoms with van der Waals surface area (Å²) in [4.78, 5) is 46.6. The molecule has 0 bridgehead atoms. The summed E-state index contributed by atoms with van der Waals surface area (Å²) in [6.45, 7) is 9.75. The SMILES string of the molecule is C=C.CC1COC(=O)O1.O=C(O)S.O=C(O)S.O=C(O)S.O=C1CCCO1.O=S1(=O)CCCC1.O=S1OCCO1. The van der Waals surface area contributed by atoms with Crippen LogP contribution in [0, 0.1) is 0 Å². The fourth-order valence-corrected chi connectivity index (χ4v) is 3.84. The monoisotopic (exact) mass is 678 g/mol. The van der Waals surface area contributed by atoms with Gasteiger partial charge in [0, 0.05) is 6.42 Å². The first-order valence-electron chi connectivity index (χ1n) is 10.6. The highest BCUT2D eigenvalue weighted by molar-refractivity contribution is 7.96. The Kier molecular flexibility index (Phi) is 33.6. The molecule has 0 spiro atoms. The van der Waals surface area contributed by atoms with Gasteiger partial charge in [0.25, 0.3) is 0 Å². The highest BCUT2D eigenvalue weighted by atomic mass is 32.2. The summed E-state index contributed by atoms with van der Waals surface area (Å²) in [6, 6.07) is 0. The lowest BCUT2D eigenvalue weighted by Crippen LogP contribution is -2.01. The summed E-state index contributed by atoms with van der Waals surface area (Å²) >= 11 is 7.23. The molecule has 0 aliphatic carbocycles. The van der Waals surface area contributed by atoms with Crippen molar-refractivity contribution in [2.75, 3.05) is 37.9 Å². The lowest BCUT2D eigenvalue weighted by Gasteiger charge is -1.90. The number of sulfone groups is 1. The second kappa shape index (κ2) is 29.9. The van der Waals surface area contributed by atoms with Crippen LogP contribution < -0.4 is 0 Å². The number of cyclic esters (lactones) is 3. The van der Waals surface area contributed by atoms with Crippen molar-refractivity contribution in [2.24, 2.45) is 0 Å². The van der Waals surface area contributed by atoms with Gasteiger partial charge in [-0.1, -0.05) is 37.9 Å². The van der Waals surface area contributed by atoms with E-state index in [4.69, 9.17) is 29.7 Å². The number of thiol groups is 3. The van der Waals surface area contributed by atoms with Crippen LogP contribution in [0.15, 0.2) is 13.2 Å². The molecule has 1 unspecified atom stereocenters. The first kappa shape index (κ1) is 45.0. The third kappa shape index (κ3) is 49.0. The smallest absolute Gasteiger partial charge is 0.473 e. The number of carboxylic acid groups (broad SMARTS) is 3. The molecule has 4 saturated heterocycles. The van der Waals surface area contributed by atoms with Crippen molar-refractivity contribution in [3.05, 3.63) is 13.2 Å². The van der Waals surface area contributed by atoms with Crippen LogP contribution >= 0.6 is 37.9 Å². The molecule has 4 aliphatic heterocycles. The summed E-state index contributed by atoms with van der Waals surface area (Å²) < 4.78 is 53.0. The summed E-state index contributed by atoms with van der Waals surface area (Å²) in [7, 11) is -2.55. The maximum Gasteiger partial charge on any atom is 0.508 e. The van der Waals surface area contributed by atoms with Gasteiger partial charge in [0.05, 0.1) is 31.3 Å². The lowest BCUT2D eigenvalue weighted by atomic mass is 10.4. The van der Waals surface area contributed by atoms with Gasteiger partial charge in [0.2, 0.25) is 0 Å². The van der Waals surface area contributed by atoms with E-state index in [2.05, 4.69) is 73.6 Å². The number of ether oxygens (including phenoxy) is 3. The fraction of sp³-hybridized carbons (Fsp3) is 0.632. The minimum Gasteiger partial charge on any atom is -0.473 e. The third-order valence-electron chi connectivity index (χ3n) is 3.12. The van der Waals surface area contributed by atoms with E-state index in [0.29, 0.717) is 44.4 Å². The van der Waals surface area contributed by atoms with Gasteiger partial charge in [-0.15, -0.1) is 13.2 Å². The molecule has 4 heterocycles. The molecular formula is C19H34O16S5. The Labute approximate surface area is 250 Å². The minimum absolute atomic E-state index is 0.0463. The molecule has 40 heavy (non-hydrogen) atoms. The van der Waals surface area contributed by atoms with E-state index in [1.165, 1.54) is 0 Å². The predicted octanol–water partition coefficient (Wildman–Crippen LogP) is 3.26. The molecule has 16 nitrogen and oxygen atoms in total. The molecule has 3 N–H and O–H groups in total. The van der Waals surface area contributed by atoms with Crippen LogP contribution in [0.25, 0.3) is 0 Å². The van der Waals surface area contributed by atoms with Crippen LogP contribution in [-0.2, 0) is 48.6 Å². The first-order chi connectivity index (χ1) is 18.5. The van der Waals surface area contributed by atoms with Gasteiger partial charge in [0.15, 0.2) is 0 Å². The highest BCUT2D eigenvalue weighted by Crippen LogP contribution is 2.08. The van der Waals surface area contributed by atoms with E-state index in [-0.39, 0.29) is 12.1 Å². The number of esters is 1. The Hall–Kier alpha value is -2.04. The summed E-state index contributed by atoms with van der Waals surface area (Å²) in [5.41, 5.74) is 0. The van der Waals surface area contributed by atoms with Gasteiger partial charge in [0.1, 0.15) is 22.5 Å². The van der Waals surface area contributed by atoms with Crippen molar-refractivity contribution in [1.29, 1.82) is 0 Å². The summed E-state index contributed by atoms with van der Waals surface area (Å²) in [5.74, 6) is 0.801. The molecule has 0 saturated carbocycles. The van der Waals surface area contributed by atoms with Gasteiger partial charge < -0.3 is 29.5 Å². The molecule has 0 aromatic rings. The van der Waals surface area contributed by atoms with E-state index in [0.717, 1.165) is 19.3 Å². The third-order valence-corrected chi connectivity index (χ3v) is 5.66. The predicted molar refractivity (Wildman–Crippen MR) is 152 cm³/mol. The first-order valence-corrected chi connectivity index (χ1v) is 14.8. The molecule has 21 heteroatoms. The molecule has 0 aromatic heterocycles. The molecule has 0 aromatic carbocycles. The Bertz CT molecular complexity index is 776. The normalized spacial score (nSPS) is 18.9. The zero-order chi connectivity index (χ0) is 32.1. The maximum atomic E-state index is 10.4. The molecule has 4 rings (SSSR count). The van der Waals surface area contributed by atoms with Gasteiger partial charge >= 0.3 is 39.4 Å². The number of rotatable bonds is 0. The van der Waals surface area contributed by atoms with Crippen LogP contribution in [0.3, 0.4) is 0 Å². The van der Waals surface area contributed by atoms with Gasteiger partial charge in [-0.05, 0) is 26.2 Å². The van der Waals surface area contributed by atoms with E-state index in [1.54, 1.807) is 6.92 Å². The van der Waals surface area contributed by atoms with Crippen molar-refractivity contribution in [3.8, 4) is 0 Å². The van der Waals surface area contributed by atoms with E-state index in [1.807, 2.05) is 0 Å². The molecule has 0 radical (unpaired) electrons. The fourth-order valence-electron chi connectivity index (χ4n) is 1.88. The standard InChI is InChI=1S/C4H6O3.C4H8O2S.C4H6O2.C2H4O3S.C2H4.3CH2O2S/c1-3-2-6-4(5)7-3;5-7(6)3-1-2-4-7;5-4-2-1-3-6-4;3-6-4-1-2-5-6;1-2;3*2-1(3)4/h3H,2H2,1H3;1-4H2;1-3H2;1-2H2;1-2H2;3*4H,(H,2,3).